The smallest absolute Gasteiger partial charge is 0.323 e. The molecule has 5 nitrogen and oxygen atoms in total. The Morgan fingerprint density at radius 3 is 2.60 bits per heavy atom. The summed E-state index contributed by atoms with van der Waals surface area (Å²) in [4.78, 5) is 15.7. The summed E-state index contributed by atoms with van der Waals surface area (Å²) in [5, 5.41) is 0.523. The summed E-state index contributed by atoms with van der Waals surface area (Å²) in [6, 6.07) is 2.58. The second kappa shape index (κ2) is 7.22. The Labute approximate surface area is 127 Å². The Hall–Kier alpha value is -0.880. The molecule has 0 aromatic carbocycles. The highest BCUT2D eigenvalue weighted by atomic mass is 35.5. The summed E-state index contributed by atoms with van der Waals surface area (Å²) >= 11 is 11.6. The van der Waals surface area contributed by atoms with E-state index in [1.807, 2.05) is 0 Å². The van der Waals surface area contributed by atoms with Crippen LogP contribution >= 0.6 is 23.2 Å². The van der Waals surface area contributed by atoms with Gasteiger partial charge in [0.05, 0.1) is 0 Å². The molecule has 0 bridgehead atoms. The molecule has 0 saturated carbocycles. The van der Waals surface area contributed by atoms with Gasteiger partial charge in [-0.25, -0.2) is 4.98 Å². The predicted octanol–water partition coefficient (Wildman–Crippen LogP) is 2.19. The van der Waals surface area contributed by atoms with Gasteiger partial charge >= 0.3 is 5.97 Å². The lowest BCUT2D eigenvalue weighted by molar-refractivity contribution is -0.148. The van der Waals surface area contributed by atoms with Crippen molar-refractivity contribution in [1.82, 2.24) is 4.98 Å². The first-order chi connectivity index (χ1) is 9.56. The first kappa shape index (κ1) is 15.5. The molecule has 0 radical (unpaired) electrons. The molecule has 0 unspecified atom stereocenters. The molecule has 110 valence electrons. The lowest BCUT2D eigenvalue weighted by Crippen LogP contribution is -2.41. The van der Waals surface area contributed by atoms with Crippen LogP contribution in [-0.2, 0) is 20.9 Å². The number of rotatable bonds is 4. The molecule has 1 aliphatic heterocycles. The van der Waals surface area contributed by atoms with Crippen LogP contribution in [0.5, 0.6) is 0 Å². The van der Waals surface area contributed by atoms with Crippen LogP contribution in [0.1, 0.15) is 18.4 Å². The van der Waals surface area contributed by atoms with Gasteiger partial charge in [0, 0.05) is 13.2 Å². The van der Waals surface area contributed by atoms with Crippen LogP contribution in [0, 0.1) is 5.92 Å². The molecule has 0 amide bonds. The summed E-state index contributed by atoms with van der Waals surface area (Å²) in [6.45, 7) is 1.36. The first-order valence-electron chi connectivity index (χ1n) is 6.38. The fraction of sp³-hybridized carbons (Fsp3) is 0.538. The number of carbonyl (C=O) groups excluding carboxylic acids is 1. The van der Waals surface area contributed by atoms with Crippen molar-refractivity contribution in [2.75, 3.05) is 13.2 Å². The standard InChI is InChI=1S/C13H16Cl2N2O3/c14-10-5-8(6-11(15)17-10)7-20-13(18)12(16)9-1-3-19-4-2-9/h5-6,9,12H,1-4,7,16H2/t12-/m0/s1. The van der Waals surface area contributed by atoms with Crippen LogP contribution in [0.3, 0.4) is 0 Å². The molecule has 1 saturated heterocycles. The normalized spacial score (nSPS) is 17.8. The molecule has 7 heteroatoms. The fourth-order valence-electron chi connectivity index (χ4n) is 2.12. The maximum atomic E-state index is 11.9. The minimum atomic E-state index is -0.619. The number of pyridine rings is 1. The molecular weight excluding hydrogens is 303 g/mol. The molecule has 20 heavy (non-hydrogen) atoms. The van der Waals surface area contributed by atoms with Crippen LogP contribution in [0.15, 0.2) is 12.1 Å². The Kier molecular flexibility index (Phi) is 5.60. The number of carbonyl (C=O) groups is 1. The average molecular weight is 319 g/mol. The topological polar surface area (TPSA) is 74.4 Å². The molecule has 1 aliphatic rings. The zero-order valence-electron chi connectivity index (χ0n) is 10.9. The van der Waals surface area contributed by atoms with Gasteiger partial charge in [0.1, 0.15) is 23.0 Å². The van der Waals surface area contributed by atoms with E-state index >= 15 is 0 Å². The Morgan fingerprint density at radius 1 is 1.40 bits per heavy atom. The second-order valence-electron chi connectivity index (χ2n) is 4.70. The molecule has 1 aromatic rings. The van der Waals surface area contributed by atoms with Crippen molar-refractivity contribution in [2.24, 2.45) is 11.7 Å². The lowest BCUT2D eigenvalue weighted by atomic mass is 9.92. The van der Waals surface area contributed by atoms with Crippen molar-refractivity contribution < 1.29 is 14.3 Å². The average Bonchev–Trinajstić information content (AvgIpc) is 2.44. The van der Waals surface area contributed by atoms with E-state index in [1.54, 1.807) is 12.1 Å². The van der Waals surface area contributed by atoms with Gasteiger partial charge in [-0.1, -0.05) is 23.2 Å². The van der Waals surface area contributed by atoms with Crippen LogP contribution in [0.25, 0.3) is 0 Å². The maximum absolute atomic E-state index is 11.9. The molecule has 2 N–H and O–H groups in total. The number of nitrogens with two attached hydrogens (primary N) is 1. The SMILES string of the molecule is N[C@H](C(=O)OCc1cc(Cl)nc(Cl)c1)C1CCOCC1. The highest BCUT2D eigenvalue weighted by molar-refractivity contribution is 6.32. The number of ether oxygens (including phenoxy) is 2. The lowest BCUT2D eigenvalue weighted by Gasteiger charge is -2.26. The largest absolute Gasteiger partial charge is 0.460 e. The van der Waals surface area contributed by atoms with Crippen molar-refractivity contribution in [1.29, 1.82) is 0 Å². The van der Waals surface area contributed by atoms with Gasteiger partial charge in [-0.3, -0.25) is 4.79 Å². The monoisotopic (exact) mass is 318 g/mol. The second-order valence-corrected chi connectivity index (χ2v) is 5.48. The van der Waals surface area contributed by atoms with E-state index in [0.717, 1.165) is 12.8 Å². The van der Waals surface area contributed by atoms with Gasteiger partial charge in [-0.2, -0.15) is 0 Å². The Bertz CT molecular complexity index is 458. The van der Waals surface area contributed by atoms with Crippen molar-refractivity contribution in [3.63, 3.8) is 0 Å². The van der Waals surface area contributed by atoms with E-state index in [-0.39, 0.29) is 22.8 Å². The van der Waals surface area contributed by atoms with Gasteiger partial charge in [0.25, 0.3) is 0 Å². The van der Waals surface area contributed by atoms with E-state index < -0.39 is 12.0 Å². The number of hydrogen-bond donors (Lipinski definition) is 1. The molecular formula is C13H16Cl2N2O3. The maximum Gasteiger partial charge on any atom is 0.323 e. The predicted molar refractivity (Wildman–Crippen MR) is 75.6 cm³/mol. The Morgan fingerprint density at radius 2 is 2.00 bits per heavy atom. The minimum Gasteiger partial charge on any atom is -0.460 e. The van der Waals surface area contributed by atoms with Crippen LogP contribution < -0.4 is 5.73 Å². The van der Waals surface area contributed by atoms with Crippen molar-refractivity contribution >= 4 is 29.2 Å². The number of halogens is 2. The molecule has 1 fully saturated rings. The van der Waals surface area contributed by atoms with E-state index in [2.05, 4.69) is 4.98 Å². The van der Waals surface area contributed by atoms with Crippen LogP contribution in [-0.4, -0.2) is 30.2 Å². The van der Waals surface area contributed by atoms with Gasteiger partial charge in [-0.15, -0.1) is 0 Å². The van der Waals surface area contributed by atoms with E-state index in [9.17, 15) is 4.79 Å². The van der Waals surface area contributed by atoms with Crippen molar-refractivity contribution in [3.8, 4) is 0 Å². The molecule has 0 aliphatic carbocycles. The third-order valence-electron chi connectivity index (χ3n) is 3.25. The van der Waals surface area contributed by atoms with Gasteiger partial charge in [0.15, 0.2) is 0 Å². The first-order valence-corrected chi connectivity index (χ1v) is 7.14. The Balaban J connectivity index is 1.87. The van der Waals surface area contributed by atoms with E-state index in [0.29, 0.717) is 18.8 Å². The third-order valence-corrected chi connectivity index (χ3v) is 3.64. The zero-order valence-corrected chi connectivity index (χ0v) is 12.4. The van der Waals surface area contributed by atoms with E-state index in [1.165, 1.54) is 0 Å². The van der Waals surface area contributed by atoms with Gasteiger partial charge < -0.3 is 15.2 Å². The molecule has 1 aromatic heterocycles. The van der Waals surface area contributed by atoms with Gasteiger partial charge in [-0.05, 0) is 36.5 Å². The number of hydrogen-bond acceptors (Lipinski definition) is 5. The van der Waals surface area contributed by atoms with E-state index in [4.69, 9.17) is 38.4 Å². The highest BCUT2D eigenvalue weighted by Crippen LogP contribution is 2.19. The van der Waals surface area contributed by atoms with Crippen molar-refractivity contribution in [3.05, 3.63) is 28.0 Å². The highest BCUT2D eigenvalue weighted by Gasteiger charge is 2.27. The molecule has 0 spiro atoms. The molecule has 1 atom stereocenters. The summed E-state index contributed by atoms with van der Waals surface area (Å²) in [7, 11) is 0. The quantitative estimate of drug-likeness (QED) is 0.680. The molecule has 2 rings (SSSR count). The van der Waals surface area contributed by atoms with Crippen LogP contribution in [0.4, 0.5) is 0 Å². The number of nitrogens with zero attached hydrogens (tertiary/aromatic N) is 1. The minimum absolute atomic E-state index is 0.0811. The molecule has 2 heterocycles. The summed E-state index contributed by atoms with van der Waals surface area (Å²) in [6.07, 6.45) is 1.56. The van der Waals surface area contributed by atoms with Crippen LogP contribution in [0.2, 0.25) is 10.3 Å². The summed E-state index contributed by atoms with van der Waals surface area (Å²) in [5.74, 6) is -0.304. The van der Waals surface area contributed by atoms with Gasteiger partial charge in [0.2, 0.25) is 0 Å². The number of aromatic nitrogens is 1. The number of esters is 1. The summed E-state index contributed by atoms with van der Waals surface area (Å²) in [5.41, 5.74) is 6.60. The summed E-state index contributed by atoms with van der Waals surface area (Å²) < 4.78 is 10.4. The zero-order chi connectivity index (χ0) is 14.5. The van der Waals surface area contributed by atoms with Crippen molar-refractivity contribution in [2.45, 2.75) is 25.5 Å². The fourth-order valence-corrected chi connectivity index (χ4v) is 2.62. The third kappa shape index (κ3) is 4.31.